The smallest absolute Gasteiger partial charge is 0.0751 e. The number of hydrogen-bond donors (Lipinski definition) is 2. The molecule has 1 aliphatic heterocycles. The lowest BCUT2D eigenvalue weighted by atomic mass is 9.44. The van der Waals surface area contributed by atoms with E-state index in [9.17, 15) is 5.11 Å². The molecule has 0 aromatic heterocycles. The van der Waals surface area contributed by atoms with E-state index in [0.717, 1.165) is 49.0 Å². The summed E-state index contributed by atoms with van der Waals surface area (Å²) in [5, 5.41) is 10.3. The third kappa shape index (κ3) is 2.69. The summed E-state index contributed by atoms with van der Waals surface area (Å²) in [6, 6.07) is 0. The predicted molar refractivity (Wildman–Crippen MR) is 124 cm³/mol. The van der Waals surface area contributed by atoms with Gasteiger partial charge < -0.3 is 15.6 Å². The maximum Gasteiger partial charge on any atom is 0.0751 e. The van der Waals surface area contributed by atoms with Crippen molar-refractivity contribution in [1.29, 1.82) is 0 Å². The van der Waals surface area contributed by atoms with E-state index in [1.165, 1.54) is 57.8 Å². The van der Waals surface area contributed by atoms with E-state index in [-0.39, 0.29) is 11.7 Å². The van der Waals surface area contributed by atoms with E-state index in [0.29, 0.717) is 28.3 Å². The summed E-state index contributed by atoms with van der Waals surface area (Å²) >= 11 is 0. The zero-order valence-corrected chi connectivity index (χ0v) is 20.5. The minimum absolute atomic E-state index is 0.0346. The molecule has 5 aliphatic carbocycles. The number of aliphatic hydroxyl groups excluding tert-OH is 1. The molecule has 0 aromatic carbocycles. The van der Waals surface area contributed by atoms with Crippen LogP contribution < -0.4 is 5.73 Å². The molecule has 6 aliphatic rings. The van der Waals surface area contributed by atoms with E-state index in [1.807, 2.05) is 0 Å². The zero-order valence-electron chi connectivity index (χ0n) is 20.5. The highest BCUT2D eigenvalue weighted by Gasteiger charge is 2.81. The van der Waals surface area contributed by atoms with Gasteiger partial charge in [0.1, 0.15) is 0 Å². The maximum absolute atomic E-state index is 10.3. The first kappa shape index (κ1) is 21.4. The maximum atomic E-state index is 10.3. The minimum atomic E-state index is -0.0346. The van der Waals surface area contributed by atoms with Crippen LogP contribution in [0.15, 0.2) is 0 Å². The SMILES string of the molecule is C[C@H](CN)CC[C@@]12C[C@@]1(C)[C@H]1[C@H](C[C@H]3[C@@H]4CC[C@H]5C[C@@H](O)CC[C@]5(C)[C@H]4CC[C@@]31C)O2. The van der Waals surface area contributed by atoms with Crippen LogP contribution in [-0.4, -0.2) is 29.5 Å². The van der Waals surface area contributed by atoms with Crippen molar-refractivity contribution in [2.45, 2.75) is 116 Å². The first-order valence-electron chi connectivity index (χ1n) is 13.7. The Bertz CT molecular complexity index is 741. The van der Waals surface area contributed by atoms with Crippen LogP contribution in [0.5, 0.6) is 0 Å². The van der Waals surface area contributed by atoms with Crippen LogP contribution in [0.4, 0.5) is 0 Å². The van der Waals surface area contributed by atoms with E-state index < -0.39 is 0 Å². The van der Waals surface area contributed by atoms with Gasteiger partial charge in [-0.2, -0.15) is 0 Å². The van der Waals surface area contributed by atoms with Gasteiger partial charge in [0.05, 0.1) is 17.8 Å². The number of hydrogen-bond acceptors (Lipinski definition) is 3. The van der Waals surface area contributed by atoms with Gasteiger partial charge in [-0.05, 0) is 124 Å². The van der Waals surface area contributed by atoms with Crippen molar-refractivity contribution >= 4 is 0 Å². The topological polar surface area (TPSA) is 55.5 Å². The minimum Gasteiger partial charge on any atom is -0.393 e. The number of fused-ring (bicyclic) bond motifs is 9. The highest BCUT2D eigenvalue weighted by atomic mass is 16.5. The van der Waals surface area contributed by atoms with E-state index in [1.54, 1.807) is 0 Å². The predicted octanol–water partition coefficient (Wildman–Crippen LogP) is 5.54. The lowest BCUT2D eigenvalue weighted by Gasteiger charge is -2.61. The van der Waals surface area contributed by atoms with Crippen LogP contribution >= 0.6 is 0 Å². The van der Waals surface area contributed by atoms with Gasteiger partial charge in [-0.1, -0.05) is 27.7 Å². The molecular weight excluding hydrogens is 382 g/mol. The molecule has 0 bridgehead atoms. The fraction of sp³-hybridized carbons (Fsp3) is 1.00. The molecule has 1 saturated heterocycles. The molecule has 3 heteroatoms. The van der Waals surface area contributed by atoms with Crippen molar-refractivity contribution in [1.82, 2.24) is 0 Å². The second-order valence-electron chi connectivity index (χ2n) is 14.0. The first-order chi connectivity index (χ1) is 14.7. The summed E-state index contributed by atoms with van der Waals surface area (Å²) in [5.74, 6) is 4.81. The van der Waals surface area contributed by atoms with Crippen molar-refractivity contribution < 1.29 is 9.84 Å². The Morgan fingerprint density at radius 1 is 1.00 bits per heavy atom. The van der Waals surface area contributed by atoms with Gasteiger partial charge in [-0.15, -0.1) is 0 Å². The molecular formula is C28H47NO2. The fourth-order valence-electron chi connectivity index (χ4n) is 10.9. The highest BCUT2D eigenvalue weighted by molar-refractivity contribution is 5.29. The molecule has 12 atom stereocenters. The zero-order chi connectivity index (χ0) is 21.8. The third-order valence-electron chi connectivity index (χ3n) is 12.7. The van der Waals surface area contributed by atoms with E-state index >= 15 is 0 Å². The van der Waals surface area contributed by atoms with Gasteiger partial charge in [0.2, 0.25) is 0 Å². The molecule has 1 heterocycles. The summed E-state index contributed by atoms with van der Waals surface area (Å²) in [6.45, 7) is 11.0. The van der Waals surface area contributed by atoms with Gasteiger partial charge in [0.15, 0.2) is 0 Å². The second kappa shape index (κ2) is 6.72. The second-order valence-corrected chi connectivity index (χ2v) is 14.0. The van der Waals surface area contributed by atoms with Crippen LogP contribution in [0, 0.1) is 51.8 Å². The Balaban J connectivity index is 1.23. The highest BCUT2D eigenvalue weighted by Crippen LogP contribution is 2.81. The average molecular weight is 430 g/mol. The van der Waals surface area contributed by atoms with Crippen molar-refractivity contribution in [2.24, 2.45) is 57.5 Å². The first-order valence-corrected chi connectivity index (χ1v) is 13.7. The number of rotatable bonds is 4. The Labute approximate surface area is 190 Å². The van der Waals surface area contributed by atoms with Crippen molar-refractivity contribution in [3.05, 3.63) is 0 Å². The molecule has 0 aromatic rings. The van der Waals surface area contributed by atoms with Gasteiger partial charge in [-0.3, -0.25) is 0 Å². The van der Waals surface area contributed by atoms with Crippen molar-refractivity contribution in [3.63, 3.8) is 0 Å². The van der Waals surface area contributed by atoms with Crippen LogP contribution in [0.1, 0.15) is 98.3 Å². The molecule has 3 nitrogen and oxygen atoms in total. The lowest BCUT2D eigenvalue weighted by Crippen LogP contribution is -2.54. The third-order valence-corrected chi connectivity index (χ3v) is 12.7. The molecule has 6 fully saturated rings. The van der Waals surface area contributed by atoms with Crippen LogP contribution in [0.25, 0.3) is 0 Å². The van der Waals surface area contributed by atoms with Gasteiger partial charge in [-0.25, -0.2) is 0 Å². The molecule has 0 radical (unpaired) electrons. The van der Waals surface area contributed by atoms with Crippen molar-refractivity contribution in [2.75, 3.05) is 6.54 Å². The summed E-state index contributed by atoms with van der Waals surface area (Å²) < 4.78 is 7.05. The Morgan fingerprint density at radius 2 is 1.77 bits per heavy atom. The average Bonchev–Trinajstić information content (AvgIpc) is 3.05. The Hall–Kier alpha value is -0.120. The van der Waals surface area contributed by atoms with Crippen LogP contribution in [0.3, 0.4) is 0 Å². The molecule has 3 N–H and O–H groups in total. The normalized spacial score (nSPS) is 60.4. The molecule has 0 amide bonds. The molecule has 0 unspecified atom stereocenters. The largest absolute Gasteiger partial charge is 0.393 e. The molecule has 6 rings (SSSR count). The van der Waals surface area contributed by atoms with Crippen LogP contribution in [0.2, 0.25) is 0 Å². The molecule has 176 valence electrons. The van der Waals surface area contributed by atoms with Crippen molar-refractivity contribution in [3.8, 4) is 0 Å². The summed E-state index contributed by atoms with van der Waals surface area (Å²) in [4.78, 5) is 0. The Morgan fingerprint density at radius 3 is 2.55 bits per heavy atom. The van der Waals surface area contributed by atoms with Crippen LogP contribution in [-0.2, 0) is 4.74 Å². The fourth-order valence-corrected chi connectivity index (χ4v) is 10.9. The molecule has 0 spiro atoms. The number of nitrogens with two attached hydrogens (primary N) is 1. The number of aliphatic hydroxyl groups is 1. The monoisotopic (exact) mass is 429 g/mol. The van der Waals surface area contributed by atoms with E-state index in [2.05, 4.69) is 27.7 Å². The lowest BCUT2D eigenvalue weighted by molar-refractivity contribution is -0.130. The van der Waals surface area contributed by atoms with Gasteiger partial charge >= 0.3 is 0 Å². The van der Waals surface area contributed by atoms with Gasteiger partial charge in [0.25, 0.3) is 0 Å². The Kier molecular flexibility index (Phi) is 4.65. The number of ether oxygens (including phenoxy) is 1. The molecule has 5 saturated carbocycles. The standard InChI is InChI=1S/C28H47NO2/c1-17(15-29)7-12-28-16-27(28,4)24-23(31-28)14-22-20-6-5-18-13-19(30)8-10-25(18,2)21(20)9-11-26(22,24)3/h17-24,30H,5-16,29H2,1-4H3/t17-,18-,19-,20+,21-,22-,23-,24-,25-,26-,27-,28+/m0/s1. The molecule has 31 heavy (non-hydrogen) atoms. The summed E-state index contributed by atoms with van der Waals surface area (Å²) in [6.07, 6.45) is 14.5. The summed E-state index contributed by atoms with van der Waals surface area (Å²) in [5.41, 5.74) is 7.48. The quantitative estimate of drug-likeness (QED) is 0.617. The van der Waals surface area contributed by atoms with E-state index in [4.69, 9.17) is 10.5 Å². The van der Waals surface area contributed by atoms with Gasteiger partial charge in [0, 0.05) is 5.41 Å². The summed E-state index contributed by atoms with van der Waals surface area (Å²) in [7, 11) is 0.